The van der Waals surface area contributed by atoms with Crippen molar-refractivity contribution in [2.75, 3.05) is 19.6 Å². The topological polar surface area (TPSA) is 61.3 Å². The maximum absolute atomic E-state index is 12.3. The standard InChI is InChI=1S/C18H27N3O2/c1-18(2,3)16(22)12-20-10-8-13(9-11-20)21-15-7-5-4-6-14(15)19-17(21)23/h4-7,13,16,22H,8-12H2,1-3H3,(H,19,23). The summed E-state index contributed by atoms with van der Waals surface area (Å²) in [5.41, 5.74) is 1.79. The molecule has 0 radical (unpaired) electrons. The highest BCUT2D eigenvalue weighted by atomic mass is 16.3. The number of β-amino-alcohol motifs (C(OH)–C–C–N with tert-alkyl or cyclic N) is 1. The number of benzene rings is 1. The SMILES string of the molecule is CC(C)(C)C(O)CN1CCC(n2c(=O)[nH]c3ccccc32)CC1. The Morgan fingerprint density at radius 2 is 1.91 bits per heavy atom. The third kappa shape index (κ3) is 3.35. The number of hydrogen-bond donors (Lipinski definition) is 2. The van der Waals surface area contributed by atoms with E-state index in [1.807, 2.05) is 28.8 Å². The van der Waals surface area contributed by atoms with Crippen LogP contribution in [-0.2, 0) is 0 Å². The van der Waals surface area contributed by atoms with Crippen molar-refractivity contribution in [1.29, 1.82) is 0 Å². The second-order valence-electron chi connectivity index (χ2n) is 7.73. The number of fused-ring (bicyclic) bond motifs is 1. The third-order valence-corrected chi connectivity index (χ3v) is 4.98. The van der Waals surface area contributed by atoms with Crippen LogP contribution in [0.2, 0.25) is 0 Å². The van der Waals surface area contributed by atoms with Gasteiger partial charge in [-0.1, -0.05) is 32.9 Å². The Labute approximate surface area is 136 Å². The molecule has 1 atom stereocenters. The van der Waals surface area contributed by atoms with Gasteiger partial charge in [-0.2, -0.15) is 0 Å². The Balaban J connectivity index is 1.69. The number of aliphatic hydroxyl groups excluding tert-OH is 1. The monoisotopic (exact) mass is 317 g/mol. The predicted octanol–water partition coefficient (Wildman–Crippen LogP) is 2.37. The Morgan fingerprint density at radius 1 is 1.26 bits per heavy atom. The van der Waals surface area contributed by atoms with Crippen molar-refractivity contribution in [3.8, 4) is 0 Å². The van der Waals surface area contributed by atoms with Gasteiger partial charge >= 0.3 is 5.69 Å². The van der Waals surface area contributed by atoms with Gasteiger partial charge in [-0.15, -0.1) is 0 Å². The van der Waals surface area contributed by atoms with Crippen molar-refractivity contribution in [3.63, 3.8) is 0 Å². The van der Waals surface area contributed by atoms with E-state index in [4.69, 9.17) is 0 Å². The molecule has 0 spiro atoms. The summed E-state index contributed by atoms with van der Waals surface area (Å²) >= 11 is 0. The highest BCUT2D eigenvalue weighted by molar-refractivity contribution is 5.75. The summed E-state index contributed by atoms with van der Waals surface area (Å²) < 4.78 is 1.91. The van der Waals surface area contributed by atoms with E-state index in [2.05, 4.69) is 30.7 Å². The van der Waals surface area contributed by atoms with E-state index in [-0.39, 0.29) is 23.3 Å². The van der Waals surface area contributed by atoms with Crippen LogP contribution >= 0.6 is 0 Å². The number of nitrogens with zero attached hydrogens (tertiary/aromatic N) is 2. The minimum Gasteiger partial charge on any atom is -0.391 e. The normalized spacial score (nSPS) is 19.3. The number of imidazole rings is 1. The first-order valence-electron chi connectivity index (χ1n) is 8.46. The molecule has 2 N–H and O–H groups in total. The van der Waals surface area contributed by atoms with Crippen LogP contribution in [0.5, 0.6) is 0 Å². The molecule has 0 amide bonds. The van der Waals surface area contributed by atoms with Gasteiger partial charge in [0.05, 0.1) is 17.1 Å². The molecule has 0 bridgehead atoms. The molecule has 5 nitrogen and oxygen atoms in total. The molecule has 1 fully saturated rings. The van der Waals surface area contributed by atoms with E-state index >= 15 is 0 Å². The molecular formula is C18H27N3O2. The summed E-state index contributed by atoms with van der Waals surface area (Å²) in [6.07, 6.45) is 1.56. The van der Waals surface area contributed by atoms with Crippen molar-refractivity contribution in [2.45, 2.75) is 45.8 Å². The smallest absolute Gasteiger partial charge is 0.326 e. The fourth-order valence-electron chi connectivity index (χ4n) is 3.32. The number of rotatable bonds is 3. The number of aromatic amines is 1. The van der Waals surface area contributed by atoms with Crippen molar-refractivity contribution in [1.82, 2.24) is 14.5 Å². The maximum Gasteiger partial charge on any atom is 0.326 e. The van der Waals surface area contributed by atoms with E-state index in [9.17, 15) is 9.90 Å². The number of aliphatic hydroxyl groups is 1. The number of hydrogen-bond acceptors (Lipinski definition) is 3. The molecule has 2 aromatic rings. The largest absolute Gasteiger partial charge is 0.391 e. The van der Waals surface area contributed by atoms with Gasteiger partial charge in [-0.3, -0.25) is 4.57 Å². The zero-order valence-corrected chi connectivity index (χ0v) is 14.2. The molecule has 0 aliphatic carbocycles. The summed E-state index contributed by atoms with van der Waals surface area (Å²) in [4.78, 5) is 17.5. The van der Waals surface area contributed by atoms with Crippen molar-refractivity contribution < 1.29 is 5.11 Å². The van der Waals surface area contributed by atoms with Gasteiger partial charge in [-0.05, 0) is 30.4 Å². The number of aromatic nitrogens is 2. The van der Waals surface area contributed by atoms with Crippen LogP contribution in [0.1, 0.15) is 39.7 Å². The first kappa shape index (κ1) is 16.3. The number of piperidine rings is 1. The van der Waals surface area contributed by atoms with Gasteiger partial charge in [0.2, 0.25) is 0 Å². The highest BCUT2D eigenvalue weighted by Crippen LogP contribution is 2.26. The lowest BCUT2D eigenvalue weighted by Crippen LogP contribution is -2.44. The van der Waals surface area contributed by atoms with Gasteiger partial charge in [-0.25, -0.2) is 4.79 Å². The summed E-state index contributed by atoms with van der Waals surface area (Å²) in [6, 6.07) is 8.10. The molecule has 1 aromatic carbocycles. The molecule has 2 heterocycles. The quantitative estimate of drug-likeness (QED) is 0.913. The summed E-state index contributed by atoms with van der Waals surface area (Å²) in [5.74, 6) is 0. The lowest BCUT2D eigenvalue weighted by Gasteiger charge is -2.36. The predicted molar refractivity (Wildman–Crippen MR) is 92.7 cm³/mol. The number of likely N-dealkylation sites (tertiary alicyclic amines) is 1. The molecule has 1 aliphatic heterocycles. The number of H-pyrrole nitrogens is 1. The lowest BCUT2D eigenvalue weighted by atomic mass is 9.88. The van der Waals surface area contributed by atoms with Crippen LogP contribution in [0.15, 0.2) is 29.1 Å². The molecular weight excluding hydrogens is 290 g/mol. The Hall–Kier alpha value is -1.59. The molecule has 3 rings (SSSR count). The van der Waals surface area contributed by atoms with E-state index in [1.54, 1.807) is 0 Å². The zero-order valence-electron chi connectivity index (χ0n) is 14.2. The minimum atomic E-state index is -0.324. The molecule has 23 heavy (non-hydrogen) atoms. The van der Waals surface area contributed by atoms with Crippen molar-refractivity contribution in [3.05, 3.63) is 34.7 Å². The van der Waals surface area contributed by atoms with E-state index in [0.29, 0.717) is 6.54 Å². The van der Waals surface area contributed by atoms with Gasteiger partial charge < -0.3 is 15.0 Å². The average molecular weight is 317 g/mol. The molecule has 1 unspecified atom stereocenters. The molecule has 1 aromatic heterocycles. The lowest BCUT2D eigenvalue weighted by molar-refractivity contribution is 0.0195. The van der Waals surface area contributed by atoms with Crippen LogP contribution in [0.3, 0.4) is 0 Å². The molecule has 1 aliphatic rings. The minimum absolute atomic E-state index is 0.0145. The third-order valence-electron chi connectivity index (χ3n) is 4.98. The maximum atomic E-state index is 12.3. The fourth-order valence-corrected chi connectivity index (χ4v) is 3.32. The van der Waals surface area contributed by atoms with Crippen LogP contribution < -0.4 is 5.69 Å². The van der Waals surface area contributed by atoms with E-state index in [1.165, 1.54) is 0 Å². The van der Waals surface area contributed by atoms with Gasteiger partial charge in [0.25, 0.3) is 0 Å². The molecule has 5 heteroatoms. The van der Waals surface area contributed by atoms with E-state index in [0.717, 1.165) is 37.0 Å². The van der Waals surface area contributed by atoms with Crippen LogP contribution in [-0.4, -0.2) is 45.3 Å². The Morgan fingerprint density at radius 3 is 2.57 bits per heavy atom. The van der Waals surface area contributed by atoms with Crippen LogP contribution in [0.4, 0.5) is 0 Å². The Bertz CT molecular complexity index is 718. The second-order valence-corrected chi connectivity index (χ2v) is 7.73. The molecule has 126 valence electrons. The van der Waals surface area contributed by atoms with Crippen LogP contribution in [0, 0.1) is 5.41 Å². The summed E-state index contributed by atoms with van der Waals surface area (Å²) in [5, 5.41) is 10.3. The van der Waals surface area contributed by atoms with Gasteiger partial charge in [0.15, 0.2) is 0 Å². The average Bonchev–Trinajstić information content (AvgIpc) is 2.83. The summed E-state index contributed by atoms with van der Waals surface area (Å²) in [6.45, 7) is 8.74. The van der Waals surface area contributed by atoms with Crippen molar-refractivity contribution >= 4 is 11.0 Å². The summed E-state index contributed by atoms with van der Waals surface area (Å²) in [7, 11) is 0. The number of para-hydroxylation sites is 2. The molecule has 1 saturated heterocycles. The number of nitrogens with one attached hydrogen (secondary N) is 1. The first-order valence-corrected chi connectivity index (χ1v) is 8.46. The highest BCUT2D eigenvalue weighted by Gasteiger charge is 2.28. The van der Waals surface area contributed by atoms with Crippen molar-refractivity contribution in [2.24, 2.45) is 5.41 Å². The zero-order chi connectivity index (χ0) is 16.6. The Kier molecular flexibility index (Phi) is 4.34. The fraction of sp³-hybridized carbons (Fsp3) is 0.611. The van der Waals surface area contributed by atoms with Crippen LogP contribution in [0.25, 0.3) is 11.0 Å². The second kappa shape index (κ2) is 6.13. The van der Waals surface area contributed by atoms with E-state index < -0.39 is 0 Å². The molecule has 0 saturated carbocycles. The van der Waals surface area contributed by atoms with Gasteiger partial charge in [0, 0.05) is 25.7 Å². The van der Waals surface area contributed by atoms with Gasteiger partial charge in [0.1, 0.15) is 0 Å². The first-order chi connectivity index (χ1) is 10.9.